The highest BCUT2D eigenvalue weighted by Crippen LogP contribution is 2.31. The molecule has 3 aromatic rings. The molecule has 0 unspecified atom stereocenters. The largest absolute Gasteiger partial charge is 0.497 e. The van der Waals surface area contributed by atoms with Gasteiger partial charge >= 0.3 is 5.97 Å². The van der Waals surface area contributed by atoms with Gasteiger partial charge in [0.2, 0.25) is 0 Å². The molecule has 0 atom stereocenters. The van der Waals surface area contributed by atoms with Crippen LogP contribution in [0.1, 0.15) is 27.3 Å². The Morgan fingerprint density at radius 2 is 1.76 bits per heavy atom. The van der Waals surface area contributed by atoms with E-state index in [1.54, 1.807) is 19.2 Å². The summed E-state index contributed by atoms with van der Waals surface area (Å²) in [5.41, 5.74) is 5.09. The summed E-state index contributed by atoms with van der Waals surface area (Å²) in [7, 11) is 2.97. The van der Waals surface area contributed by atoms with E-state index in [9.17, 15) is 9.59 Å². The van der Waals surface area contributed by atoms with Crippen molar-refractivity contribution in [1.29, 1.82) is 0 Å². The molecule has 0 aliphatic carbocycles. The Bertz CT molecular complexity index is 1270. The number of nitrogens with zero attached hydrogens (tertiary/aromatic N) is 2. The Hall–Kier alpha value is -3.78. The second kappa shape index (κ2) is 9.38. The number of carbonyl (C=O) groups excluding carboxylic acids is 2. The number of carbonyl (C=O) groups is 2. The molecule has 33 heavy (non-hydrogen) atoms. The lowest BCUT2D eigenvalue weighted by atomic mass is 10.2. The summed E-state index contributed by atoms with van der Waals surface area (Å²) in [6, 6.07) is 16.6. The minimum Gasteiger partial charge on any atom is -0.497 e. The molecule has 1 aliphatic rings. The maximum Gasteiger partial charge on any atom is 0.337 e. The maximum atomic E-state index is 12.5. The van der Waals surface area contributed by atoms with Crippen molar-refractivity contribution in [3.05, 3.63) is 82.0 Å². The van der Waals surface area contributed by atoms with Gasteiger partial charge in [0, 0.05) is 17.1 Å². The Morgan fingerprint density at radius 3 is 2.39 bits per heavy atom. The first kappa shape index (κ1) is 22.4. The summed E-state index contributed by atoms with van der Waals surface area (Å²) in [6.45, 7) is 4.00. The van der Waals surface area contributed by atoms with Crippen LogP contribution in [-0.4, -0.2) is 35.8 Å². The van der Waals surface area contributed by atoms with Crippen LogP contribution >= 0.6 is 11.8 Å². The van der Waals surface area contributed by atoms with Crippen molar-refractivity contribution in [3.63, 3.8) is 0 Å². The monoisotopic (exact) mass is 461 g/mol. The topological polar surface area (TPSA) is 81.9 Å². The first-order valence-electron chi connectivity index (χ1n) is 10.2. The van der Waals surface area contributed by atoms with Crippen LogP contribution < -0.4 is 10.1 Å². The highest BCUT2D eigenvalue weighted by Gasteiger charge is 2.24. The lowest BCUT2D eigenvalue weighted by Crippen LogP contribution is -2.19. The van der Waals surface area contributed by atoms with E-state index < -0.39 is 0 Å². The van der Waals surface area contributed by atoms with Crippen molar-refractivity contribution in [2.45, 2.75) is 13.8 Å². The van der Waals surface area contributed by atoms with Crippen LogP contribution in [0.5, 0.6) is 5.75 Å². The number of esters is 1. The molecule has 0 bridgehead atoms. The normalized spacial score (nSPS) is 15.7. The van der Waals surface area contributed by atoms with Gasteiger partial charge in [0.05, 0.1) is 30.4 Å². The van der Waals surface area contributed by atoms with Gasteiger partial charge in [-0.15, -0.1) is 0 Å². The summed E-state index contributed by atoms with van der Waals surface area (Å²) in [5, 5.41) is 3.35. The van der Waals surface area contributed by atoms with E-state index in [4.69, 9.17) is 9.47 Å². The van der Waals surface area contributed by atoms with Gasteiger partial charge in [-0.3, -0.25) is 4.79 Å². The Kier molecular flexibility index (Phi) is 6.37. The number of ether oxygens (including phenoxy) is 2. The molecule has 168 valence electrons. The molecule has 0 saturated carbocycles. The van der Waals surface area contributed by atoms with Crippen molar-refractivity contribution in [3.8, 4) is 11.4 Å². The van der Waals surface area contributed by atoms with Gasteiger partial charge in [-0.25, -0.2) is 9.79 Å². The van der Waals surface area contributed by atoms with Gasteiger partial charge in [0.1, 0.15) is 5.75 Å². The molecule has 2 aromatic carbocycles. The van der Waals surface area contributed by atoms with Gasteiger partial charge in [0.15, 0.2) is 5.17 Å². The molecule has 1 saturated heterocycles. The predicted molar refractivity (Wildman–Crippen MR) is 130 cm³/mol. The van der Waals surface area contributed by atoms with Crippen LogP contribution in [0.25, 0.3) is 11.8 Å². The van der Waals surface area contributed by atoms with Crippen molar-refractivity contribution >= 4 is 40.6 Å². The number of amides is 1. The number of methoxy groups -OCH3 is 2. The average molecular weight is 462 g/mol. The van der Waals surface area contributed by atoms with Crippen molar-refractivity contribution in [2.75, 3.05) is 14.2 Å². The number of aryl methyl sites for hydroxylation is 1. The lowest BCUT2D eigenvalue weighted by Gasteiger charge is -2.10. The highest BCUT2D eigenvalue weighted by atomic mass is 32.2. The fourth-order valence-corrected chi connectivity index (χ4v) is 4.42. The second-order valence-electron chi connectivity index (χ2n) is 7.38. The van der Waals surface area contributed by atoms with E-state index in [0.29, 0.717) is 15.6 Å². The van der Waals surface area contributed by atoms with Gasteiger partial charge < -0.3 is 19.4 Å². The Balaban J connectivity index is 1.58. The number of hydrogen-bond acceptors (Lipinski definition) is 6. The number of aromatic nitrogens is 1. The SMILES string of the molecule is COC(=O)c1ccc(-n2c(C)cc(/C=C3/SC(=Nc4ccc(OC)cc4)NC3=O)c2C)cc1. The summed E-state index contributed by atoms with van der Waals surface area (Å²) in [5.74, 6) is 0.196. The van der Waals surface area contributed by atoms with E-state index in [2.05, 4.69) is 14.9 Å². The molecule has 1 aliphatic heterocycles. The number of hydrogen-bond donors (Lipinski definition) is 1. The molecule has 1 N–H and O–H groups in total. The Labute approximate surface area is 196 Å². The van der Waals surface area contributed by atoms with E-state index in [1.807, 2.05) is 62.4 Å². The molecule has 1 aromatic heterocycles. The zero-order chi connectivity index (χ0) is 23.5. The molecule has 4 rings (SSSR count). The minimum atomic E-state index is -0.371. The Morgan fingerprint density at radius 1 is 1.06 bits per heavy atom. The molecule has 0 spiro atoms. The summed E-state index contributed by atoms with van der Waals surface area (Å²) < 4.78 is 12.0. The standard InChI is InChI=1S/C25H23N3O4S/c1-15-13-18(16(2)28(15)20-9-5-17(6-10-20)24(30)32-4)14-22-23(29)27-25(33-22)26-19-7-11-21(31-3)12-8-19/h5-14H,1-4H3,(H,26,27,29)/b22-14+. The van der Waals surface area contributed by atoms with Crippen molar-refractivity contribution in [1.82, 2.24) is 9.88 Å². The van der Waals surface area contributed by atoms with E-state index >= 15 is 0 Å². The third-order valence-corrected chi connectivity index (χ3v) is 6.17. The third-order valence-electron chi connectivity index (χ3n) is 5.26. The van der Waals surface area contributed by atoms with Crippen LogP contribution in [0.2, 0.25) is 0 Å². The zero-order valence-electron chi connectivity index (χ0n) is 18.7. The quantitative estimate of drug-likeness (QED) is 0.437. The van der Waals surface area contributed by atoms with Crippen LogP contribution in [-0.2, 0) is 9.53 Å². The first-order valence-corrected chi connectivity index (χ1v) is 11.0. The van der Waals surface area contributed by atoms with Crippen LogP contribution in [0.15, 0.2) is 64.5 Å². The number of rotatable bonds is 5. The van der Waals surface area contributed by atoms with Gasteiger partial charge in [0.25, 0.3) is 5.91 Å². The van der Waals surface area contributed by atoms with E-state index in [1.165, 1.54) is 18.9 Å². The second-order valence-corrected chi connectivity index (χ2v) is 8.41. The molecule has 0 radical (unpaired) electrons. The summed E-state index contributed by atoms with van der Waals surface area (Å²) in [6.07, 6.45) is 1.87. The number of amidine groups is 1. The fraction of sp³-hybridized carbons (Fsp3) is 0.160. The number of thioether (sulfide) groups is 1. The average Bonchev–Trinajstić information content (AvgIpc) is 3.31. The number of benzene rings is 2. The predicted octanol–water partition coefficient (Wildman–Crippen LogP) is 4.78. The molecule has 1 fully saturated rings. The molecule has 8 heteroatoms. The molecular formula is C25H23N3O4S. The zero-order valence-corrected chi connectivity index (χ0v) is 19.5. The third kappa shape index (κ3) is 4.70. The van der Waals surface area contributed by atoms with Crippen LogP contribution in [0.3, 0.4) is 0 Å². The van der Waals surface area contributed by atoms with Gasteiger partial charge in [-0.05, 0) is 91.8 Å². The van der Waals surface area contributed by atoms with Crippen molar-refractivity contribution < 1.29 is 19.1 Å². The van der Waals surface area contributed by atoms with E-state index in [0.717, 1.165) is 34.1 Å². The molecule has 7 nitrogen and oxygen atoms in total. The summed E-state index contributed by atoms with van der Waals surface area (Å²) >= 11 is 1.30. The summed E-state index contributed by atoms with van der Waals surface area (Å²) in [4.78, 5) is 29.3. The molecule has 1 amide bonds. The minimum absolute atomic E-state index is 0.181. The van der Waals surface area contributed by atoms with Crippen LogP contribution in [0, 0.1) is 13.8 Å². The van der Waals surface area contributed by atoms with Crippen LogP contribution in [0.4, 0.5) is 5.69 Å². The first-order chi connectivity index (χ1) is 15.9. The maximum absolute atomic E-state index is 12.5. The number of nitrogens with one attached hydrogen (secondary N) is 1. The van der Waals surface area contributed by atoms with Gasteiger partial charge in [-0.1, -0.05) is 0 Å². The number of aliphatic imine (C=N–C) groups is 1. The molecule has 2 heterocycles. The highest BCUT2D eigenvalue weighted by molar-refractivity contribution is 8.18. The smallest absolute Gasteiger partial charge is 0.337 e. The van der Waals surface area contributed by atoms with E-state index in [-0.39, 0.29) is 11.9 Å². The lowest BCUT2D eigenvalue weighted by molar-refractivity contribution is -0.115. The van der Waals surface area contributed by atoms with Crippen molar-refractivity contribution in [2.24, 2.45) is 4.99 Å². The van der Waals surface area contributed by atoms with Gasteiger partial charge in [-0.2, -0.15) is 0 Å². The molecular weight excluding hydrogens is 438 g/mol. The fourth-order valence-electron chi connectivity index (χ4n) is 3.59.